The van der Waals surface area contributed by atoms with E-state index in [1.54, 1.807) is 0 Å². The van der Waals surface area contributed by atoms with Gasteiger partial charge in [-0.15, -0.1) is 0 Å². The van der Waals surface area contributed by atoms with E-state index in [0.29, 0.717) is 0 Å². The van der Waals surface area contributed by atoms with Gasteiger partial charge >= 0.3 is 5.97 Å². The number of nitrogens with zero attached hydrogens (tertiary/aromatic N) is 3. The van der Waals surface area contributed by atoms with Crippen molar-refractivity contribution in [3.8, 4) is 0 Å². The molecule has 0 aliphatic heterocycles. The third-order valence-electron chi connectivity index (χ3n) is 0.911. The zero-order chi connectivity index (χ0) is 9.40. The van der Waals surface area contributed by atoms with Crippen molar-refractivity contribution in [3.63, 3.8) is 0 Å². The van der Waals surface area contributed by atoms with Crippen LogP contribution < -0.4 is 0 Å². The Morgan fingerprint density at radius 1 is 1.58 bits per heavy atom. The zero-order valence-corrected chi connectivity index (χ0v) is 6.69. The van der Waals surface area contributed by atoms with Gasteiger partial charge in [0.05, 0.1) is 13.2 Å². The van der Waals surface area contributed by atoms with Gasteiger partial charge in [-0.05, 0) is 12.5 Å². The Kier molecular flexibility index (Phi) is 5.38. The molecule has 0 spiro atoms. The van der Waals surface area contributed by atoms with E-state index in [4.69, 9.17) is 5.53 Å². The fourth-order valence-corrected chi connectivity index (χ4v) is 0.499. The predicted molar refractivity (Wildman–Crippen MR) is 40.3 cm³/mol. The number of hydrogen-bond donors (Lipinski definition) is 0. The molecule has 0 atom stereocenters. The molecule has 0 bridgehead atoms. The Morgan fingerprint density at radius 2 is 2.25 bits per heavy atom. The smallest absolute Gasteiger partial charge is 0.313 e. The van der Waals surface area contributed by atoms with E-state index in [2.05, 4.69) is 14.8 Å². The summed E-state index contributed by atoms with van der Waals surface area (Å²) in [7, 11) is 0. The minimum atomic E-state index is -0.587. The lowest BCUT2D eigenvalue weighted by Crippen LogP contribution is -2.10. The summed E-state index contributed by atoms with van der Waals surface area (Å²) < 4.78 is 4.53. The third kappa shape index (κ3) is 6.57. The zero-order valence-electron chi connectivity index (χ0n) is 6.69. The lowest BCUT2D eigenvalue weighted by Gasteiger charge is -1.98. The first-order valence-corrected chi connectivity index (χ1v) is 3.32. The van der Waals surface area contributed by atoms with Gasteiger partial charge in [0, 0.05) is 4.91 Å². The van der Waals surface area contributed by atoms with E-state index in [0.717, 1.165) is 0 Å². The van der Waals surface area contributed by atoms with Crippen LogP contribution in [0.4, 0.5) is 0 Å². The average molecular weight is 171 g/mol. The van der Waals surface area contributed by atoms with Crippen LogP contribution in [-0.2, 0) is 14.3 Å². The summed E-state index contributed by atoms with van der Waals surface area (Å²) in [6.45, 7) is 1.42. The average Bonchev–Trinajstić information content (AvgIpc) is 1.97. The van der Waals surface area contributed by atoms with Gasteiger partial charge in [-0.1, -0.05) is 5.11 Å². The molecular formula is C6H9N3O3. The van der Waals surface area contributed by atoms with Crippen molar-refractivity contribution in [2.24, 2.45) is 5.11 Å². The maximum Gasteiger partial charge on any atom is 0.313 e. The number of rotatable bonds is 5. The Hall–Kier alpha value is -1.55. The van der Waals surface area contributed by atoms with Crippen LogP contribution >= 0.6 is 0 Å². The summed E-state index contributed by atoms with van der Waals surface area (Å²) in [4.78, 5) is 23.5. The molecule has 66 valence electrons. The third-order valence-corrected chi connectivity index (χ3v) is 0.911. The molecule has 0 saturated heterocycles. The van der Waals surface area contributed by atoms with Gasteiger partial charge in [0.1, 0.15) is 12.2 Å². The van der Waals surface area contributed by atoms with Crippen molar-refractivity contribution < 1.29 is 14.3 Å². The van der Waals surface area contributed by atoms with Crippen molar-refractivity contribution >= 4 is 11.8 Å². The fraction of sp³-hybridized carbons (Fsp3) is 0.667. The topological polar surface area (TPSA) is 92.1 Å². The van der Waals surface area contributed by atoms with Crippen LogP contribution in [0, 0.1) is 0 Å². The minimum Gasteiger partial charge on any atom is -0.465 e. The number of esters is 1. The van der Waals surface area contributed by atoms with Crippen LogP contribution in [0.2, 0.25) is 0 Å². The summed E-state index contributed by atoms with van der Waals surface area (Å²) in [6.07, 6.45) is -0.226. The van der Waals surface area contributed by atoms with Crippen molar-refractivity contribution in [3.05, 3.63) is 10.4 Å². The SMILES string of the molecule is CC(=O)CC(=O)OCCN=[N+]=[N-]. The summed E-state index contributed by atoms with van der Waals surface area (Å²) in [6, 6.07) is 0. The molecule has 0 N–H and O–H groups in total. The number of carbonyl (C=O) groups is 2. The molecular weight excluding hydrogens is 162 g/mol. The highest BCUT2D eigenvalue weighted by molar-refractivity contribution is 5.94. The Labute approximate surface area is 69.1 Å². The lowest BCUT2D eigenvalue weighted by atomic mass is 10.3. The van der Waals surface area contributed by atoms with Gasteiger partial charge in [-0.2, -0.15) is 0 Å². The van der Waals surface area contributed by atoms with Gasteiger partial charge in [-0.25, -0.2) is 0 Å². The number of Topliss-reactive ketones (excluding diaryl/α,β-unsaturated/α-hetero) is 1. The molecule has 0 heterocycles. The van der Waals surface area contributed by atoms with E-state index >= 15 is 0 Å². The van der Waals surface area contributed by atoms with E-state index in [1.807, 2.05) is 0 Å². The molecule has 0 aromatic carbocycles. The molecule has 0 aliphatic rings. The van der Waals surface area contributed by atoms with E-state index in [1.165, 1.54) is 6.92 Å². The van der Waals surface area contributed by atoms with E-state index in [9.17, 15) is 9.59 Å². The Bertz CT molecular complexity index is 220. The van der Waals surface area contributed by atoms with Gasteiger partial charge in [0.25, 0.3) is 0 Å². The lowest BCUT2D eigenvalue weighted by molar-refractivity contribution is -0.145. The second-order valence-electron chi connectivity index (χ2n) is 2.05. The van der Waals surface area contributed by atoms with Crippen LogP contribution in [0.15, 0.2) is 5.11 Å². The number of ketones is 1. The van der Waals surface area contributed by atoms with E-state index in [-0.39, 0.29) is 25.4 Å². The summed E-state index contributed by atoms with van der Waals surface area (Å²) in [5.74, 6) is -0.834. The normalized spacial score (nSPS) is 8.42. The number of ether oxygens (including phenoxy) is 1. The molecule has 0 amide bonds. The molecule has 0 aromatic rings. The first-order valence-electron chi connectivity index (χ1n) is 3.32. The first kappa shape index (κ1) is 10.4. The largest absolute Gasteiger partial charge is 0.465 e. The number of hydrogen-bond acceptors (Lipinski definition) is 4. The monoisotopic (exact) mass is 171 g/mol. The number of azide groups is 1. The van der Waals surface area contributed by atoms with Gasteiger partial charge < -0.3 is 4.74 Å². The minimum absolute atomic E-state index is 0.0240. The summed E-state index contributed by atoms with van der Waals surface area (Å²) >= 11 is 0. The highest BCUT2D eigenvalue weighted by Crippen LogP contribution is 1.87. The van der Waals surface area contributed by atoms with E-state index < -0.39 is 5.97 Å². The molecule has 0 aromatic heterocycles. The first-order chi connectivity index (χ1) is 5.66. The highest BCUT2D eigenvalue weighted by Gasteiger charge is 2.04. The van der Waals surface area contributed by atoms with Crippen molar-refractivity contribution in [1.82, 2.24) is 0 Å². The molecule has 0 saturated carbocycles. The van der Waals surface area contributed by atoms with Gasteiger partial charge in [0.2, 0.25) is 0 Å². The van der Waals surface area contributed by atoms with Gasteiger partial charge in [-0.3, -0.25) is 9.59 Å². The maximum absolute atomic E-state index is 10.6. The quantitative estimate of drug-likeness (QED) is 0.153. The van der Waals surface area contributed by atoms with Gasteiger partial charge in [0.15, 0.2) is 0 Å². The fourth-order valence-electron chi connectivity index (χ4n) is 0.499. The summed E-state index contributed by atoms with van der Waals surface area (Å²) in [5.41, 5.74) is 7.84. The molecule has 0 unspecified atom stereocenters. The van der Waals surface area contributed by atoms with Crippen LogP contribution in [0.1, 0.15) is 13.3 Å². The standard InChI is InChI=1S/C6H9N3O3/c1-5(10)4-6(11)12-3-2-8-9-7/h2-4H2,1H3. The second-order valence-corrected chi connectivity index (χ2v) is 2.05. The van der Waals surface area contributed by atoms with Crippen molar-refractivity contribution in [2.45, 2.75) is 13.3 Å². The van der Waals surface area contributed by atoms with Crippen LogP contribution in [0.25, 0.3) is 10.4 Å². The Balaban J connectivity index is 3.44. The molecule has 6 nitrogen and oxygen atoms in total. The molecule has 12 heavy (non-hydrogen) atoms. The van der Waals surface area contributed by atoms with Crippen LogP contribution in [-0.4, -0.2) is 24.9 Å². The molecule has 0 radical (unpaired) electrons. The molecule has 0 rings (SSSR count). The molecule has 6 heteroatoms. The van der Waals surface area contributed by atoms with Crippen LogP contribution in [0.3, 0.4) is 0 Å². The van der Waals surface area contributed by atoms with Crippen molar-refractivity contribution in [2.75, 3.05) is 13.2 Å². The van der Waals surface area contributed by atoms with Crippen LogP contribution in [0.5, 0.6) is 0 Å². The maximum atomic E-state index is 10.6. The summed E-state index contributed by atoms with van der Waals surface area (Å²) in [5, 5.41) is 3.14. The predicted octanol–water partition coefficient (Wildman–Crippen LogP) is 0.819. The molecule has 0 fully saturated rings. The van der Waals surface area contributed by atoms with Crippen molar-refractivity contribution in [1.29, 1.82) is 0 Å². The molecule has 0 aliphatic carbocycles. The number of carbonyl (C=O) groups excluding carboxylic acids is 2. The Morgan fingerprint density at radius 3 is 2.75 bits per heavy atom. The second kappa shape index (κ2) is 6.18. The highest BCUT2D eigenvalue weighted by atomic mass is 16.5.